The molecule has 37 heavy (non-hydrogen) atoms. The van der Waals surface area contributed by atoms with E-state index in [1.165, 1.54) is 99.9 Å². The Bertz CT molecular complexity index is 1150. The fraction of sp³-hybridized carbons (Fsp3) is 0.562. The predicted molar refractivity (Wildman–Crippen MR) is 156 cm³/mol. The summed E-state index contributed by atoms with van der Waals surface area (Å²) in [4.78, 5) is 0. The maximum Gasteiger partial charge on any atom is 0.136 e. The van der Waals surface area contributed by atoms with Gasteiger partial charge in [-0.3, -0.25) is 0 Å². The number of hydrogen-bond donors (Lipinski definition) is 0. The van der Waals surface area contributed by atoms with E-state index in [4.69, 9.17) is 8.83 Å². The Kier molecular flexibility index (Phi) is 10.4. The zero-order valence-corrected chi connectivity index (χ0v) is 24.1. The van der Waals surface area contributed by atoms with Crippen LogP contribution in [0.3, 0.4) is 0 Å². The zero-order valence-electron chi connectivity index (χ0n) is 23.3. The monoisotopic (exact) mass is 520 g/mol. The lowest BCUT2D eigenvalue weighted by molar-refractivity contribution is 0.539. The Hall–Kier alpha value is -2.40. The van der Waals surface area contributed by atoms with Gasteiger partial charge in [0.25, 0.3) is 0 Å². The largest absolute Gasteiger partial charge is 0.461 e. The van der Waals surface area contributed by atoms with Crippen molar-refractivity contribution in [3.05, 3.63) is 46.9 Å². The number of aryl methyl sites for hydroxylation is 4. The highest BCUT2D eigenvalue weighted by atomic mass is 32.1. The molecule has 0 aliphatic rings. The van der Waals surface area contributed by atoms with Crippen LogP contribution in [0.25, 0.3) is 33.7 Å². The molecule has 5 heteroatoms. The summed E-state index contributed by atoms with van der Waals surface area (Å²) >= 11 is 1.26. The molecule has 1 aromatic carbocycles. The lowest BCUT2D eigenvalue weighted by Gasteiger charge is -2.02. The number of fused-ring (bicyclic) bond motifs is 1. The summed E-state index contributed by atoms with van der Waals surface area (Å²) < 4.78 is 21.8. The Morgan fingerprint density at radius 2 is 1.00 bits per heavy atom. The van der Waals surface area contributed by atoms with Crippen LogP contribution in [-0.2, 0) is 12.8 Å². The van der Waals surface area contributed by atoms with Gasteiger partial charge in [0.05, 0.1) is 11.7 Å². The molecule has 0 unspecified atom stereocenters. The molecule has 3 heterocycles. The molecule has 0 aliphatic carbocycles. The van der Waals surface area contributed by atoms with E-state index in [0.29, 0.717) is 0 Å². The van der Waals surface area contributed by atoms with Crippen molar-refractivity contribution in [2.75, 3.05) is 0 Å². The highest BCUT2D eigenvalue weighted by Crippen LogP contribution is 2.37. The van der Waals surface area contributed by atoms with Gasteiger partial charge in [-0.05, 0) is 74.9 Å². The fourth-order valence-electron chi connectivity index (χ4n) is 5.26. The smallest absolute Gasteiger partial charge is 0.136 e. The molecule has 0 saturated carbocycles. The third-order valence-corrected chi connectivity index (χ3v) is 8.12. The van der Waals surface area contributed by atoms with Crippen molar-refractivity contribution in [2.45, 2.75) is 118 Å². The predicted octanol–water partition coefficient (Wildman–Crippen LogP) is 10.6. The molecule has 0 N–H and O–H groups in total. The molecule has 0 fully saturated rings. The van der Waals surface area contributed by atoms with Gasteiger partial charge in [0, 0.05) is 11.1 Å². The van der Waals surface area contributed by atoms with Gasteiger partial charge < -0.3 is 8.83 Å². The van der Waals surface area contributed by atoms with E-state index in [0.717, 1.165) is 58.0 Å². The van der Waals surface area contributed by atoms with Crippen molar-refractivity contribution in [1.29, 1.82) is 0 Å². The quantitative estimate of drug-likeness (QED) is 0.138. The normalized spacial score (nSPS) is 11.7. The first-order chi connectivity index (χ1) is 18.1. The number of furan rings is 2. The molecule has 0 spiro atoms. The van der Waals surface area contributed by atoms with Gasteiger partial charge in [-0.25, -0.2) is 0 Å². The minimum Gasteiger partial charge on any atom is -0.461 e. The standard InChI is InChI=1S/C32H44N2O2S/c1-5-7-9-11-13-15-17-25-21-29(35-23(25)3)27-19-20-28(32-31(27)33-37-34-32)30-22-26(24(4)36-30)18-16-14-12-10-8-6-2/h19-22H,5-18H2,1-4H3. The summed E-state index contributed by atoms with van der Waals surface area (Å²) in [6.07, 6.45) is 17.8. The Balaban J connectivity index is 1.46. The summed E-state index contributed by atoms with van der Waals surface area (Å²) in [5, 5.41) is 0. The van der Waals surface area contributed by atoms with Crippen LogP contribution in [0.2, 0.25) is 0 Å². The van der Waals surface area contributed by atoms with Crippen molar-refractivity contribution >= 4 is 22.8 Å². The van der Waals surface area contributed by atoms with Crippen molar-refractivity contribution in [1.82, 2.24) is 8.75 Å². The number of rotatable bonds is 16. The number of nitrogens with zero attached hydrogens (tertiary/aromatic N) is 2. The van der Waals surface area contributed by atoms with E-state index in [1.807, 2.05) is 0 Å². The van der Waals surface area contributed by atoms with Crippen LogP contribution in [-0.4, -0.2) is 8.75 Å². The van der Waals surface area contributed by atoms with Crippen LogP contribution in [0.15, 0.2) is 33.1 Å². The molecule has 0 saturated heterocycles. The Morgan fingerprint density at radius 3 is 1.43 bits per heavy atom. The van der Waals surface area contributed by atoms with Crippen LogP contribution < -0.4 is 0 Å². The molecule has 3 aromatic heterocycles. The van der Waals surface area contributed by atoms with Gasteiger partial charge in [0.2, 0.25) is 0 Å². The molecular formula is C32H44N2O2S. The third kappa shape index (κ3) is 7.13. The number of benzene rings is 1. The Labute approximate surface area is 227 Å². The van der Waals surface area contributed by atoms with Gasteiger partial charge in [-0.1, -0.05) is 78.1 Å². The van der Waals surface area contributed by atoms with Crippen LogP contribution in [0.4, 0.5) is 0 Å². The topological polar surface area (TPSA) is 52.1 Å². The SMILES string of the molecule is CCCCCCCCc1cc(-c2ccc(-c3cc(CCCCCCCC)c(C)o3)c3nsnc23)oc1C. The second-order valence-electron chi connectivity index (χ2n) is 10.5. The van der Waals surface area contributed by atoms with E-state index >= 15 is 0 Å². The molecule has 4 aromatic rings. The Morgan fingerprint density at radius 1 is 0.595 bits per heavy atom. The molecule has 4 nitrogen and oxygen atoms in total. The highest BCUT2D eigenvalue weighted by molar-refractivity contribution is 7.00. The van der Waals surface area contributed by atoms with Crippen molar-refractivity contribution in [2.24, 2.45) is 0 Å². The van der Waals surface area contributed by atoms with Crippen LogP contribution in [0.1, 0.15) is 114 Å². The van der Waals surface area contributed by atoms with E-state index in [-0.39, 0.29) is 0 Å². The summed E-state index contributed by atoms with van der Waals surface area (Å²) in [6, 6.07) is 8.67. The summed E-state index contributed by atoms with van der Waals surface area (Å²) in [5.41, 5.74) is 6.45. The van der Waals surface area contributed by atoms with Gasteiger partial charge in [0.1, 0.15) is 34.1 Å². The second-order valence-corrected chi connectivity index (χ2v) is 11.1. The van der Waals surface area contributed by atoms with E-state index in [2.05, 4.69) is 60.7 Å². The second kappa shape index (κ2) is 13.9. The van der Waals surface area contributed by atoms with Crippen LogP contribution >= 0.6 is 11.7 Å². The summed E-state index contributed by atoms with van der Waals surface area (Å²) in [7, 11) is 0. The van der Waals surface area contributed by atoms with Crippen molar-refractivity contribution in [3.8, 4) is 22.6 Å². The lowest BCUT2D eigenvalue weighted by atomic mass is 10.0. The highest BCUT2D eigenvalue weighted by Gasteiger charge is 2.19. The molecule has 0 amide bonds. The fourth-order valence-corrected chi connectivity index (χ4v) is 5.83. The molecule has 0 radical (unpaired) electrons. The number of aromatic nitrogens is 2. The van der Waals surface area contributed by atoms with E-state index < -0.39 is 0 Å². The van der Waals surface area contributed by atoms with Crippen molar-refractivity contribution in [3.63, 3.8) is 0 Å². The van der Waals surface area contributed by atoms with Gasteiger partial charge in [0.15, 0.2) is 0 Å². The number of hydrogen-bond acceptors (Lipinski definition) is 5. The first-order valence-electron chi connectivity index (χ1n) is 14.6. The van der Waals surface area contributed by atoms with Crippen LogP contribution in [0, 0.1) is 13.8 Å². The van der Waals surface area contributed by atoms with Crippen molar-refractivity contribution < 1.29 is 8.83 Å². The zero-order chi connectivity index (χ0) is 26.0. The van der Waals surface area contributed by atoms with E-state index in [1.54, 1.807) is 0 Å². The average Bonchev–Trinajstić information content (AvgIpc) is 3.62. The average molecular weight is 521 g/mol. The molecule has 0 atom stereocenters. The first-order valence-corrected chi connectivity index (χ1v) is 15.3. The maximum absolute atomic E-state index is 6.24. The third-order valence-electron chi connectivity index (χ3n) is 7.59. The summed E-state index contributed by atoms with van der Waals surface area (Å²) in [5.74, 6) is 3.82. The number of unbranched alkanes of at least 4 members (excludes halogenated alkanes) is 10. The van der Waals surface area contributed by atoms with Gasteiger partial charge in [-0.15, -0.1) is 0 Å². The van der Waals surface area contributed by atoms with Crippen LogP contribution in [0.5, 0.6) is 0 Å². The van der Waals surface area contributed by atoms with Gasteiger partial charge >= 0.3 is 0 Å². The van der Waals surface area contributed by atoms with Gasteiger partial charge in [-0.2, -0.15) is 8.75 Å². The first kappa shape index (κ1) is 27.6. The molecule has 4 rings (SSSR count). The maximum atomic E-state index is 6.24. The summed E-state index contributed by atoms with van der Waals surface area (Å²) in [6.45, 7) is 8.69. The lowest BCUT2D eigenvalue weighted by Crippen LogP contribution is -1.86. The van der Waals surface area contributed by atoms with E-state index in [9.17, 15) is 0 Å². The molecule has 200 valence electrons. The minimum absolute atomic E-state index is 0.891. The molecular weight excluding hydrogens is 476 g/mol. The molecule has 0 aliphatic heterocycles. The minimum atomic E-state index is 0.891. The molecule has 0 bridgehead atoms.